The van der Waals surface area contributed by atoms with E-state index in [1.165, 1.54) is 23.9 Å². The first kappa shape index (κ1) is 25.1. The number of nitrogens with zero attached hydrogens (tertiary/aromatic N) is 7. The quantitative estimate of drug-likeness (QED) is 0.398. The lowest BCUT2D eigenvalue weighted by atomic mass is 10.2. The zero-order chi connectivity index (χ0) is 26.8. The van der Waals surface area contributed by atoms with Crippen molar-refractivity contribution in [2.75, 3.05) is 42.9 Å². The van der Waals surface area contributed by atoms with Crippen LogP contribution in [0.25, 0.3) is 10.9 Å². The number of fused-ring (bicyclic) bond motifs is 1. The maximum atomic E-state index is 15.3. The molecule has 11 heteroatoms. The highest BCUT2D eigenvalue weighted by atomic mass is 19.1. The third-order valence-electron chi connectivity index (χ3n) is 6.69. The molecular formula is C27H27FN8O2. The van der Waals surface area contributed by atoms with Crippen molar-refractivity contribution in [3.8, 4) is 17.7 Å². The second-order valence-corrected chi connectivity index (χ2v) is 9.01. The van der Waals surface area contributed by atoms with Crippen molar-refractivity contribution in [2.24, 2.45) is 0 Å². The van der Waals surface area contributed by atoms with Crippen LogP contribution in [0.1, 0.15) is 29.9 Å². The molecule has 0 spiro atoms. The minimum absolute atomic E-state index is 0.00560. The third-order valence-corrected chi connectivity index (χ3v) is 6.69. The van der Waals surface area contributed by atoms with Crippen molar-refractivity contribution in [2.45, 2.75) is 20.8 Å². The van der Waals surface area contributed by atoms with Crippen molar-refractivity contribution >= 4 is 34.1 Å². The molecule has 0 unspecified atom stereocenters. The first-order valence-electron chi connectivity index (χ1n) is 12.3. The highest BCUT2D eigenvalue weighted by molar-refractivity contribution is 5.93. The second-order valence-electron chi connectivity index (χ2n) is 9.01. The molecule has 1 aliphatic rings. The summed E-state index contributed by atoms with van der Waals surface area (Å²) in [5.41, 5.74) is 2.08. The van der Waals surface area contributed by atoms with Crippen LogP contribution in [0.3, 0.4) is 0 Å². The summed E-state index contributed by atoms with van der Waals surface area (Å²) in [6.07, 6.45) is 3.02. The fourth-order valence-corrected chi connectivity index (χ4v) is 4.69. The summed E-state index contributed by atoms with van der Waals surface area (Å²) in [5, 5.41) is 13.1. The van der Waals surface area contributed by atoms with Crippen molar-refractivity contribution in [3.63, 3.8) is 0 Å². The van der Waals surface area contributed by atoms with Crippen LogP contribution in [0.15, 0.2) is 42.9 Å². The molecule has 10 nitrogen and oxygen atoms in total. The summed E-state index contributed by atoms with van der Waals surface area (Å²) in [6, 6.07) is 10.4. The summed E-state index contributed by atoms with van der Waals surface area (Å²) in [7, 11) is 0. The van der Waals surface area contributed by atoms with Gasteiger partial charge in [0.25, 0.3) is 0 Å². The largest absolute Gasteiger partial charge is 0.434 e. The van der Waals surface area contributed by atoms with Crippen molar-refractivity contribution in [3.05, 3.63) is 59.9 Å². The van der Waals surface area contributed by atoms with Crippen LogP contribution in [0.4, 0.5) is 21.7 Å². The Balaban J connectivity index is 1.37. The minimum Gasteiger partial charge on any atom is -0.434 e. The molecule has 1 aliphatic heterocycles. The molecule has 1 fully saturated rings. The summed E-state index contributed by atoms with van der Waals surface area (Å²) in [4.78, 5) is 29.4. The molecule has 0 radical (unpaired) electrons. The maximum absolute atomic E-state index is 15.3. The second kappa shape index (κ2) is 10.4. The maximum Gasteiger partial charge on any atom is 0.242 e. The van der Waals surface area contributed by atoms with Crippen LogP contribution in [-0.2, 0) is 0 Å². The Bertz CT molecular complexity index is 1540. The number of carbonyl (C=O) groups is 1. The summed E-state index contributed by atoms with van der Waals surface area (Å²) < 4.78 is 22.5. The number of carbonyl (C=O) groups excluding carboxylic acids is 1. The molecule has 0 amide bonds. The van der Waals surface area contributed by atoms with Gasteiger partial charge in [-0.25, -0.2) is 19.3 Å². The Morgan fingerprint density at radius 1 is 1.16 bits per heavy atom. The Kier molecular flexibility index (Phi) is 6.89. The Morgan fingerprint density at radius 2 is 1.95 bits per heavy atom. The van der Waals surface area contributed by atoms with E-state index in [0.717, 1.165) is 38.4 Å². The number of likely N-dealkylation sites (N-methyl/N-ethyl adjacent to an activating group) is 1. The van der Waals surface area contributed by atoms with Gasteiger partial charge < -0.3 is 19.9 Å². The predicted molar refractivity (Wildman–Crippen MR) is 142 cm³/mol. The van der Waals surface area contributed by atoms with Crippen molar-refractivity contribution in [1.29, 1.82) is 5.26 Å². The van der Waals surface area contributed by atoms with Crippen LogP contribution < -0.4 is 15.0 Å². The highest BCUT2D eigenvalue weighted by Crippen LogP contribution is 2.34. The van der Waals surface area contributed by atoms with Gasteiger partial charge in [0.1, 0.15) is 18.2 Å². The normalized spacial score (nSPS) is 13.9. The molecule has 0 bridgehead atoms. The van der Waals surface area contributed by atoms with Gasteiger partial charge in [0.05, 0.1) is 17.4 Å². The molecule has 4 heterocycles. The molecule has 3 aromatic heterocycles. The number of piperazine rings is 1. The zero-order valence-electron chi connectivity index (χ0n) is 21.4. The highest BCUT2D eigenvalue weighted by Gasteiger charge is 2.20. The van der Waals surface area contributed by atoms with E-state index in [9.17, 15) is 10.1 Å². The Labute approximate surface area is 219 Å². The standard InChI is InChI=1S/C27H27FN8O2/c1-4-34-9-11-35(12-10-34)19-5-8-24(30-15-19)33-26-21(14-29)27(32-16-31-26)38-23-7-6-22-20(25(23)28)13-17(2)36(22)18(3)37/h5-8,13,15-16H,4,9-12H2,1-3H3,(H,30,31,32,33). The Hall–Kier alpha value is -4.56. The van der Waals surface area contributed by atoms with E-state index < -0.39 is 5.82 Å². The van der Waals surface area contributed by atoms with Crippen molar-refractivity contribution < 1.29 is 13.9 Å². The molecule has 1 aromatic carbocycles. The third kappa shape index (κ3) is 4.73. The smallest absolute Gasteiger partial charge is 0.242 e. The summed E-state index contributed by atoms with van der Waals surface area (Å²) >= 11 is 0. The van der Waals surface area contributed by atoms with E-state index in [0.29, 0.717) is 17.0 Å². The average Bonchev–Trinajstić information content (AvgIpc) is 3.28. The van der Waals surface area contributed by atoms with Gasteiger partial charge in [-0.3, -0.25) is 9.36 Å². The van der Waals surface area contributed by atoms with Gasteiger partial charge in [-0.1, -0.05) is 6.92 Å². The SMILES string of the molecule is CCN1CCN(c2ccc(Nc3ncnc(Oc4ccc5c(cc(C)n5C(C)=O)c4F)c3C#N)nc2)CC1. The van der Waals surface area contributed by atoms with Gasteiger partial charge in [0.2, 0.25) is 11.8 Å². The van der Waals surface area contributed by atoms with Gasteiger partial charge in [-0.05, 0) is 43.8 Å². The molecule has 0 aliphatic carbocycles. The number of benzene rings is 1. The number of hydrogen-bond acceptors (Lipinski definition) is 9. The average molecular weight is 515 g/mol. The first-order valence-corrected chi connectivity index (χ1v) is 12.3. The predicted octanol–water partition coefficient (Wildman–Crippen LogP) is 4.48. The van der Waals surface area contributed by atoms with E-state index in [4.69, 9.17) is 4.74 Å². The van der Waals surface area contributed by atoms with E-state index in [-0.39, 0.29) is 34.3 Å². The van der Waals surface area contributed by atoms with Gasteiger partial charge in [-0.15, -0.1) is 0 Å². The molecule has 0 saturated carbocycles. The lowest BCUT2D eigenvalue weighted by Crippen LogP contribution is -2.46. The molecule has 194 valence electrons. The minimum atomic E-state index is -0.653. The number of nitriles is 1. The van der Waals surface area contributed by atoms with E-state index in [2.05, 4.69) is 37.0 Å². The number of rotatable bonds is 6. The Morgan fingerprint density at radius 3 is 2.61 bits per heavy atom. The van der Waals surface area contributed by atoms with Gasteiger partial charge in [0.15, 0.2) is 22.9 Å². The first-order chi connectivity index (χ1) is 18.4. The van der Waals surface area contributed by atoms with E-state index >= 15 is 4.39 Å². The van der Waals surface area contributed by atoms with E-state index in [1.54, 1.807) is 25.3 Å². The topological polar surface area (TPSA) is 112 Å². The zero-order valence-corrected chi connectivity index (χ0v) is 21.4. The van der Waals surface area contributed by atoms with E-state index in [1.807, 2.05) is 18.2 Å². The van der Waals surface area contributed by atoms with Crippen LogP contribution in [0.5, 0.6) is 11.6 Å². The van der Waals surface area contributed by atoms with Gasteiger partial charge >= 0.3 is 0 Å². The number of ether oxygens (including phenoxy) is 1. The fraction of sp³-hybridized carbons (Fsp3) is 0.296. The van der Waals surface area contributed by atoms with Gasteiger partial charge in [-0.2, -0.15) is 5.26 Å². The number of halogens is 1. The van der Waals surface area contributed by atoms with Crippen LogP contribution >= 0.6 is 0 Å². The summed E-state index contributed by atoms with van der Waals surface area (Å²) in [6.45, 7) is 10.3. The fourth-order valence-electron chi connectivity index (χ4n) is 4.69. The number of aromatic nitrogens is 4. The van der Waals surface area contributed by atoms with Gasteiger partial charge in [0, 0.05) is 44.2 Å². The molecular weight excluding hydrogens is 487 g/mol. The lowest BCUT2D eigenvalue weighted by molar-refractivity contribution is 0.0939. The number of pyridine rings is 1. The number of aryl methyl sites for hydroxylation is 1. The van der Waals surface area contributed by atoms with Crippen LogP contribution in [0.2, 0.25) is 0 Å². The number of anilines is 3. The molecule has 1 saturated heterocycles. The molecule has 5 rings (SSSR count). The lowest BCUT2D eigenvalue weighted by Gasteiger charge is -2.35. The van der Waals surface area contributed by atoms with Crippen molar-refractivity contribution in [1.82, 2.24) is 24.4 Å². The van der Waals surface area contributed by atoms with Crippen LogP contribution in [0, 0.1) is 24.1 Å². The number of hydrogen-bond donors (Lipinski definition) is 1. The monoisotopic (exact) mass is 514 g/mol. The number of nitrogens with one attached hydrogen (secondary N) is 1. The van der Waals surface area contributed by atoms with Crippen LogP contribution in [-0.4, -0.2) is 63.0 Å². The summed E-state index contributed by atoms with van der Waals surface area (Å²) in [5.74, 6) is -0.407. The molecule has 38 heavy (non-hydrogen) atoms. The molecule has 4 aromatic rings. The molecule has 1 N–H and O–H groups in total. The molecule has 0 atom stereocenters.